The van der Waals surface area contributed by atoms with E-state index in [0.717, 1.165) is 3.57 Å². The van der Waals surface area contributed by atoms with Crippen LogP contribution in [-0.2, 0) is 16.2 Å². The van der Waals surface area contributed by atoms with Crippen molar-refractivity contribution in [2.45, 2.75) is 13.5 Å². The van der Waals surface area contributed by atoms with Crippen molar-refractivity contribution in [2.24, 2.45) is 5.16 Å². The highest BCUT2D eigenvalue weighted by Gasteiger charge is 2.14. The summed E-state index contributed by atoms with van der Waals surface area (Å²) in [5, 5.41) is 17.6. The maximum atomic E-state index is 12.2. The van der Waals surface area contributed by atoms with Crippen LogP contribution in [0.25, 0.3) is 0 Å². The van der Waals surface area contributed by atoms with Gasteiger partial charge in [0.05, 0.1) is 21.3 Å². The molecule has 3 rings (SSSR count). The van der Waals surface area contributed by atoms with Crippen LogP contribution >= 0.6 is 22.6 Å². The van der Waals surface area contributed by atoms with Gasteiger partial charge in [-0.3, -0.25) is 14.9 Å². The molecule has 3 aromatic carbocycles. The summed E-state index contributed by atoms with van der Waals surface area (Å²) < 4.78 is 12.2. The van der Waals surface area contributed by atoms with Gasteiger partial charge in [-0.2, -0.15) is 0 Å². The summed E-state index contributed by atoms with van der Waals surface area (Å²) in [5.41, 5.74) is 2.02. The smallest absolute Gasteiger partial charge is 0.269 e. The average Bonchev–Trinajstić information content (AvgIpc) is 2.82. The standard InChI is InChI=1S/C24H22IN3O6/c1-2-32-22-13-18(14-26-34-15-17-7-6-10-20(11-17)28(30)31)12-21(25)24(22)33-16-23(29)27-19-8-4-3-5-9-19/h3-14H,2,15-16H2,1H3,(H,27,29)/b26-14-. The Morgan fingerprint density at radius 2 is 1.91 bits per heavy atom. The molecule has 0 saturated carbocycles. The first-order valence-electron chi connectivity index (χ1n) is 10.3. The van der Waals surface area contributed by atoms with E-state index in [2.05, 4.69) is 33.1 Å². The van der Waals surface area contributed by atoms with Gasteiger partial charge in [-0.25, -0.2) is 0 Å². The monoisotopic (exact) mass is 575 g/mol. The molecular formula is C24H22IN3O6. The number of hydrogen-bond acceptors (Lipinski definition) is 7. The number of non-ortho nitro benzene ring substituents is 1. The summed E-state index contributed by atoms with van der Waals surface area (Å²) >= 11 is 2.10. The minimum absolute atomic E-state index is 0.00553. The van der Waals surface area contributed by atoms with Crippen molar-refractivity contribution >= 4 is 46.1 Å². The first-order chi connectivity index (χ1) is 16.5. The molecular weight excluding hydrogens is 553 g/mol. The number of halogens is 1. The molecule has 1 amide bonds. The Kier molecular flexibility index (Phi) is 9.21. The van der Waals surface area contributed by atoms with E-state index in [1.54, 1.807) is 30.3 Å². The largest absolute Gasteiger partial charge is 0.490 e. The van der Waals surface area contributed by atoms with Gasteiger partial charge >= 0.3 is 0 Å². The van der Waals surface area contributed by atoms with E-state index in [9.17, 15) is 14.9 Å². The summed E-state index contributed by atoms with van der Waals surface area (Å²) in [4.78, 5) is 27.9. The molecule has 0 bridgehead atoms. The predicted molar refractivity (Wildman–Crippen MR) is 136 cm³/mol. The Bertz CT molecular complexity index is 1170. The number of carbonyl (C=O) groups excluding carboxylic acids is 1. The lowest BCUT2D eigenvalue weighted by Crippen LogP contribution is -2.20. The number of amides is 1. The molecule has 0 spiro atoms. The fourth-order valence-corrected chi connectivity index (χ4v) is 3.67. The van der Waals surface area contributed by atoms with E-state index >= 15 is 0 Å². The summed E-state index contributed by atoms with van der Waals surface area (Å²) in [7, 11) is 0. The Hall–Kier alpha value is -3.67. The molecule has 0 saturated heterocycles. The SMILES string of the molecule is CCOc1cc(/C=N\OCc2cccc([N+](=O)[O-])c2)cc(I)c1OCC(=O)Nc1ccccc1. The van der Waals surface area contributed by atoms with Gasteiger partial charge in [0.15, 0.2) is 18.1 Å². The number of nitrogens with zero attached hydrogens (tertiary/aromatic N) is 2. The van der Waals surface area contributed by atoms with Crippen LogP contribution in [-0.4, -0.2) is 30.3 Å². The number of benzene rings is 3. The van der Waals surface area contributed by atoms with Crippen molar-refractivity contribution in [3.63, 3.8) is 0 Å². The van der Waals surface area contributed by atoms with Crippen LogP contribution in [0.5, 0.6) is 11.5 Å². The van der Waals surface area contributed by atoms with Gasteiger partial charge in [0.2, 0.25) is 0 Å². The molecule has 34 heavy (non-hydrogen) atoms. The van der Waals surface area contributed by atoms with Gasteiger partial charge in [-0.05, 0) is 59.3 Å². The third-order valence-electron chi connectivity index (χ3n) is 4.37. The van der Waals surface area contributed by atoms with E-state index in [4.69, 9.17) is 14.3 Å². The van der Waals surface area contributed by atoms with E-state index < -0.39 is 4.92 Å². The average molecular weight is 575 g/mol. The highest BCUT2D eigenvalue weighted by Crippen LogP contribution is 2.34. The topological polar surface area (TPSA) is 112 Å². The molecule has 0 unspecified atom stereocenters. The summed E-state index contributed by atoms with van der Waals surface area (Å²) in [6.07, 6.45) is 1.51. The lowest BCUT2D eigenvalue weighted by atomic mass is 10.2. The lowest BCUT2D eigenvalue weighted by molar-refractivity contribution is -0.384. The van der Waals surface area contributed by atoms with Crippen molar-refractivity contribution in [3.05, 3.63) is 91.5 Å². The summed E-state index contributed by atoms with van der Waals surface area (Å²) in [6, 6.07) is 18.8. The molecule has 1 N–H and O–H groups in total. The predicted octanol–water partition coefficient (Wildman–Crippen LogP) is 5.17. The zero-order valence-corrected chi connectivity index (χ0v) is 20.4. The molecule has 0 aliphatic rings. The fraction of sp³-hybridized carbons (Fsp3) is 0.167. The molecule has 0 atom stereocenters. The normalized spacial score (nSPS) is 10.6. The van der Waals surface area contributed by atoms with Crippen molar-refractivity contribution in [2.75, 3.05) is 18.5 Å². The highest BCUT2D eigenvalue weighted by molar-refractivity contribution is 14.1. The number of nitrogens with one attached hydrogen (secondary N) is 1. The number of para-hydroxylation sites is 1. The van der Waals surface area contributed by atoms with Gasteiger partial charge in [0.1, 0.15) is 6.61 Å². The maximum absolute atomic E-state index is 12.2. The Labute approximate surface area is 210 Å². The van der Waals surface area contributed by atoms with Crippen LogP contribution in [0.3, 0.4) is 0 Å². The van der Waals surface area contributed by atoms with Crippen LogP contribution in [0.1, 0.15) is 18.1 Å². The Morgan fingerprint density at radius 3 is 2.65 bits per heavy atom. The third-order valence-corrected chi connectivity index (χ3v) is 5.17. The van der Waals surface area contributed by atoms with Gasteiger partial charge < -0.3 is 19.6 Å². The molecule has 0 aromatic heterocycles. The Morgan fingerprint density at radius 1 is 1.12 bits per heavy atom. The van der Waals surface area contributed by atoms with E-state index in [-0.39, 0.29) is 24.8 Å². The molecule has 0 aliphatic heterocycles. The molecule has 0 aliphatic carbocycles. The maximum Gasteiger partial charge on any atom is 0.269 e. The molecule has 0 radical (unpaired) electrons. The minimum atomic E-state index is -0.459. The van der Waals surface area contributed by atoms with Gasteiger partial charge in [0.25, 0.3) is 11.6 Å². The number of hydrogen-bond donors (Lipinski definition) is 1. The van der Waals surface area contributed by atoms with Crippen molar-refractivity contribution < 1.29 is 24.0 Å². The number of oxime groups is 1. The van der Waals surface area contributed by atoms with E-state index in [1.165, 1.54) is 18.3 Å². The zero-order valence-electron chi connectivity index (χ0n) is 18.3. The van der Waals surface area contributed by atoms with Gasteiger partial charge in [-0.1, -0.05) is 35.5 Å². The summed E-state index contributed by atoms with van der Waals surface area (Å²) in [5.74, 6) is 0.645. The first kappa shape index (κ1) is 25.0. The second kappa shape index (κ2) is 12.5. The molecule has 3 aromatic rings. The quantitative estimate of drug-likeness (QED) is 0.146. The number of nitro groups is 1. The van der Waals surface area contributed by atoms with Crippen LogP contribution in [0.4, 0.5) is 11.4 Å². The van der Waals surface area contributed by atoms with Crippen molar-refractivity contribution in [3.8, 4) is 11.5 Å². The Balaban J connectivity index is 1.62. The van der Waals surface area contributed by atoms with Gasteiger partial charge in [0, 0.05) is 23.4 Å². The number of nitro benzene ring substituents is 1. The minimum Gasteiger partial charge on any atom is -0.490 e. The fourth-order valence-electron chi connectivity index (χ4n) is 2.89. The van der Waals surface area contributed by atoms with Crippen molar-refractivity contribution in [1.82, 2.24) is 0 Å². The number of ether oxygens (including phenoxy) is 2. The first-order valence-corrected chi connectivity index (χ1v) is 11.4. The van der Waals surface area contributed by atoms with E-state index in [0.29, 0.717) is 34.9 Å². The molecule has 0 heterocycles. The second-order valence-corrected chi connectivity index (χ2v) is 8.06. The molecule has 0 fully saturated rings. The zero-order chi connectivity index (χ0) is 24.3. The number of carbonyl (C=O) groups is 1. The van der Waals surface area contributed by atoms with Crippen molar-refractivity contribution in [1.29, 1.82) is 0 Å². The number of rotatable bonds is 11. The van der Waals surface area contributed by atoms with Crippen LogP contribution in [0.2, 0.25) is 0 Å². The summed E-state index contributed by atoms with van der Waals surface area (Å²) in [6.45, 7) is 2.17. The molecule has 9 nitrogen and oxygen atoms in total. The van der Waals surface area contributed by atoms with Gasteiger partial charge in [-0.15, -0.1) is 0 Å². The molecule has 176 valence electrons. The van der Waals surface area contributed by atoms with Crippen LogP contribution < -0.4 is 14.8 Å². The molecule has 10 heteroatoms. The van der Waals surface area contributed by atoms with Crippen LogP contribution in [0.15, 0.2) is 71.9 Å². The lowest BCUT2D eigenvalue weighted by Gasteiger charge is -2.14. The number of anilines is 1. The third kappa shape index (κ3) is 7.44. The van der Waals surface area contributed by atoms with E-state index in [1.807, 2.05) is 31.2 Å². The highest BCUT2D eigenvalue weighted by atomic mass is 127. The van der Waals surface area contributed by atoms with Crippen LogP contribution in [0, 0.1) is 13.7 Å². The second-order valence-electron chi connectivity index (χ2n) is 6.90.